The molecule has 2 N–H and O–H groups in total. The molecule has 0 fully saturated rings. The minimum atomic E-state index is 0.235. The number of thiazole rings is 1. The molecule has 2 rings (SSSR count). The SMILES string of the molecule is Cc1ccc(O)c(CNCc2ncc(C)s2)n1. The second-order valence-electron chi connectivity index (χ2n) is 3.89. The summed E-state index contributed by atoms with van der Waals surface area (Å²) in [7, 11) is 0. The number of pyridine rings is 1. The first-order valence-corrected chi connectivity index (χ1v) is 6.24. The van der Waals surface area contributed by atoms with Crippen molar-refractivity contribution < 1.29 is 5.11 Å². The van der Waals surface area contributed by atoms with Crippen molar-refractivity contribution in [2.45, 2.75) is 26.9 Å². The molecule has 4 nitrogen and oxygen atoms in total. The van der Waals surface area contributed by atoms with Gasteiger partial charge in [0.2, 0.25) is 0 Å². The second-order valence-corrected chi connectivity index (χ2v) is 5.21. The van der Waals surface area contributed by atoms with E-state index in [2.05, 4.69) is 15.3 Å². The average Bonchev–Trinajstić information content (AvgIpc) is 2.69. The van der Waals surface area contributed by atoms with E-state index in [1.807, 2.05) is 20.0 Å². The van der Waals surface area contributed by atoms with Crippen LogP contribution in [-0.4, -0.2) is 15.1 Å². The van der Waals surface area contributed by atoms with Crippen LogP contribution in [0.15, 0.2) is 18.3 Å². The minimum Gasteiger partial charge on any atom is -0.506 e. The van der Waals surface area contributed by atoms with Crippen molar-refractivity contribution in [2.75, 3.05) is 0 Å². The highest BCUT2D eigenvalue weighted by Crippen LogP contribution is 2.15. The molecule has 0 unspecified atom stereocenters. The fourth-order valence-electron chi connectivity index (χ4n) is 1.50. The summed E-state index contributed by atoms with van der Waals surface area (Å²) in [5, 5.41) is 13.9. The zero-order valence-electron chi connectivity index (χ0n) is 9.90. The number of aromatic nitrogens is 2. The number of hydrogen-bond donors (Lipinski definition) is 2. The highest BCUT2D eigenvalue weighted by Gasteiger charge is 2.03. The lowest BCUT2D eigenvalue weighted by atomic mass is 10.3. The van der Waals surface area contributed by atoms with Gasteiger partial charge in [-0.1, -0.05) is 0 Å². The molecule has 5 heteroatoms. The maximum atomic E-state index is 9.62. The second kappa shape index (κ2) is 5.25. The van der Waals surface area contributed by atoms with Crippen molar-refractivity contribution in [3.05, 3.63) is 39.6 Å². The molecule has 0 atom stereocenters. The summed E-state index contributed by atoms with van der Waals surface area (Å²) in [6.07, 6.45) is 1.87. The van der Waals surface area contributed by atoms with Crippen LogP contribution in [0.3, 0.4) is 0 Å². The average molecular weight is 249 g/mol. The number of rotatable bonds is 4. The number of hydrogen-bond acceptors (Lipinski definition) is 5. The van der Waals surface area contributed by atoms with Gasteiger partial charge in [0, 0.05) is 29.9 Å². The Hall–Kier alpha value is -1.46. The predicted molar refractivity (Wildman–Crippen MR) is 68.0 cm³/mol. The van der Waals surface area contributed by atoms with Crippen LogP contribution in [0.25, 0.3) is 0 Å². The van der Waals surface area contributed by atoms with Crippen LogP contribution in [0, 0.1) is 13.8 Å². The molecule has 0 saturated heterocycles. The van der Waals surface area contributed by atoms with Crippen LogP contribution in [0.2, 0.25) is 0 Å². The summed E-state index contributed by atoms with van der Waals surface area (Å²) in [6, 6.07) is 3.47. The fraction of sp³-hybridized carbons (Fsp3) is 0.333. The van der Waals surface area contributed by atoms with Crippen LogP contribution in [0.4, 0.5) is 0 Å². The van der Waals surface area contributed by atoms with Crippen LogP contribution in [0.1, 0.15) is 21.3 Å². The highest BCUT2D eigenvalue weighted by molar-refractivity contribution is 7.11. The summed E-state index contributed by atoms with van der Waals surface area (Å²) in [5.41, 5.74) is 1.59. The molecule has 0 bridgehead atoms. The first kappa shape index (κ1) is 12.0. The van der Waals surface area contributed by atoms with E-state index in [1.54, 1.807) is 23.5 Å². The van der Waals surface area contributed by atoms with Crippen molar-refractivity contribution in [1.82, 2.24) is 15.3 Å². The van der Waals surface area contributed by atoms with Gasteiger partial charge >= 0.3 is 0 Å². The van der Waals surface area contributed by atoms with E-state index in [4.69, 9.17) is 0 Å². The van der Waals surface area contributed by atoms with Crippen molar-refractivity contribution in [1.29, 1.82) is 0 Å². The number of nitrogens with zero attached hydrogens (tertiary/aromatic N) is 2. The number of aryl methyl sites for hydroxylation is 2. The van der Waals surface area contributed by atoms with Crippen LogP contribution in [-0.2, 0) is 13.1 Å². The molecule has 0 aliphatic heterocycles. The number of nitrogens with one attached hydrogen (secondary N) is 1. The van der Waals surface area contributed by atoms with E-state index in [1.165, 1.54) is 4.88 Å². The molecule has 0 aliphatic rings. The van der Waals surface area contributed by atoms with Gasteiger partial charge in [0.15, 0.2) is 0 Å². The van der Waals surface area contributed by atoms with E-state index in [0.29, 0.717) is 18.8 Å². The smallest absolute Gasteiger partial charge is 0.138 e. The molecule has 0 saturated carbocycles. The highest BCUT2D eigenvalue weighted by atomic mass is 32.1. The topological polar surface area (TPSA) is 58.0 Å². The molecule has 90 valence electrons. The summed E-state index contributed by atoms with van der Waals surface area (Å²) in [4.78, 5) is 9.75. The third kappa shape index (κ3) is 3.25. The van der Waals surface area contributed by atoms with Crippen LogP contribution < -0.4 is 5.32 Å². The quantitative estimate of drug-likeness (QED) is 0.871. The third-order valence-electron chi connectivity index (χ3n) is 2.33. The first-order chi connectivity index (χ1) is 8.15. The molecule has 0 spiro atoms. The summed E-state index contributed by atoms with van der Waals surface area (Å²) >= 11 is 1.67. The molecular weight excluding hydrogens is 234 g/mol. The summed E-state index contributed by atoms with van der Waals surface area (Å²) in [5.74, 6) is 0.235. The molecule has 2 aromatic rings. The van der Waals surface area contributed by atoms with Crippen molar-refractivity contribution in [3.8, 4) is 5.75 Å². The van der Waals surface area contributed by atoms with Gasteiger partial charge in [-0.25, -0.2) is 4.98 Å². The van der Waals surface area contributed by atoms with Gasteiger partial charge in [0.05, 0.1) is 5.69 Å². The minimum absolute atomic E-state index is 0.235. The van der Waals surface area contributed by atoms with Crippen molar-refractivity contribution >= 4 is 11.3 Å². The number of aromatic hydroxyl groups is 1. The molecule has 0 aromatic carbocycles. The largest absolute Gasteiger partial charge is 0.506 e. The van der Waals surface area contributed by atoms with Gasteiger partial charge in [-0.2, -0.15) is 0 Å². The van der Waals surface area contributed by atoms with Crippen molar-refractivity contribution in [2.24, 2.45) is 0 Å². The third-order valence-corrected chi connectivity index (χ3v) is 3.24. The van der Waals surface area contributed by atoms with Gasteiger partial charge < -0.3 is 10.4 Å². The van der Waals surface area contributed by atoms with Crippen LogP contribution >= 0.6 is 11.3 Å². The molecule has 2 heterocycles. The Balaban J connectivity index is 1.91. The van der Waals surface area contributed by atoms with Crippen molar-refractivity contribution in [3.63, 3.8) is 0 Å². The molecule has 2 aromatic heterocycles. The van der Waals surface area contributed by atoms with Gasteiger partial charge in [0.1, 0.15) is 10.8 Å². The Morgan fingerprint density at radius 1 is 1.29 bits per heavy atom. The molecular formula is C12H15N3OS. The molecule has 0 amide bonds. The molecule has 17 heavy (non-hydrogen) atoms. The zero-order valence-corrected chi connectivity index (χ0v) is 10.7. The van der Waals surface area contributed by atoms with Gasteiger partial charge in [-0.05, 0) is 26.0 Å². The maximum Gasteiger partial charge on any atom is 0.138 e. The monoisotopic (exact) mass is 249 g/mol. The Bertz CT molecular complexity index is 510. The lowest BCUT2D eigenvalue weighted by molar-refractivity contribution is 0.459. The lowest BCUT2D eigenvalue weighted by Gasteiger charge is -2.05. The normalized spacial score (nSPS) is 10.7. The fourth-order valence-corrected chi connectivity index (χ4v) is 2.26. The van der Waals surface area contributed by atoms with Gasteiger partial charge in [-0.3, -0.25) is 4.98 Å². The van der Waals surface area contributed by atoms with E-state index in [9.17, 15) is 5.11 Å². The standard InChI is InChI=1S/C12H15N3OS/c1-8-3-4-11(16)10(15-8)6-13-7-12-14-5-9(2)17-12/h3-5,13,16H,6-7H2,1-2H3. The van der Waals surface area contributed by atoms with Gasteiger partial charge in [-0.15, -0.1) is 11.3 Å². The van der Waals surface area contributed by atoms with E-state index in [0.717, 1.165) is 10.7 Å². The van der Waals surface area contributed by atoms with Crippen LogP contribution in [0.5, 0.6) is 5.75 Å². The lowest BCUT2D eigenvalue weighted by Crippen LogP contribution is -2.13. The predicted octanol–water partition coefficient (Wildman–Crippen LogP) is 2.15. The summed E-state index contributed by atoms with van der Waals surface area (Å²) < 4.78 is 0. The summed E-state index contributed by atoms with van der Waals surface area (Å²) in [6.45, 7) is 5.20. The maximum absolute atomic E-state index is 9.62. The van der Waals surface area contributed by atoms with Gasteiger partial charge in [0.25, 0.3) is 0 Å². The molecule has 0 radical (unpaired) electrons. The Morgan fingerprint density at radius 2 is 2.12 bits per heavy atom. The van der Waals surface area contributed by atoms with E-state index in [-0.39, 0.29) is 5.75 Å². The first-order valence-electron chi connectivity index (χ1n) is 5.42. The Kier molecular flexibility index (Phi) is 3.71. The Morgan fingerprint density at radius 3 is 2.82 bits per heavy atom. The Labute approximate surface area is 104 Å². The van der Waals surface area contributed by atoms with E-state index < -0.39 is 0 Å². The van der Waals surface area contributed by atoms with E-state index >= 15 is 0 Å². The zero-order chi connectivity index (χ0) is 12.3. The molecule has 0 aliphatic carbocycles.